The first-order valence-electron chi connectivity index (χ1n) is 8.65. The van der Waals surface area contributed by atoms with Crippen LogP contribution in [0, 0.1) is 0 Å². The summed E-state index contributed by atoms with van der Waals surface area (Å²) in [6, 6.07) is 8.68. The minimum Gasteiger partial charge on any atom is -0.458 e. The number of carbonyl (C=O) groups is 2. The molecule has 1 atom stereocenters. The Hall–Kier alpha value is -3.16. The highest BCUT2D eigenvalue weighted by molar-refractivity contribution is 6.07. The van der Waals surface area contributed by atoms with Crippen molar-refractivity contribution in [3.63, 3.8) is 0 Å². The Labute approximate surface area is 155 Å². The van der Waals surface area contributed by atoms with Gasteiger partial charge in [-0.1, -0.05) is 44.1 Å². The van der Waals surface area contributed by atoms with Crippen molar-refractivity contribution in [3.8, 4) is 0 Å². The molecule has 2 aromatic heterocycles. The molecule has 0 saturated carbocycles. The van der Waals surface area contributed by atoms with E-state index in [1.54, 1.807) is 13.0 Å². The van der Waals surface area contributed by atoms with E-state index in [1.807, 2.05) is 45.0 Å². The summed E-state index contributed by atoms with van der Waals surface area (Å²) in [7, 11) is 0. The van der Waals surface area contributed by atoms with E-state index in [-0.39, 0.29) is 17.8 Å². The number of imide groups is 1. The maximum Gasteiger partial charge on any atom is 0.325 e. The lowest BCUT2D eigenvalue weighted by Gasteiger charge is -2.18. The van der Waals surface area contributed by atoms with Gasteiger partial charge in [0.1, 0.15) is 11.3 Å². The summed E-state index contributed by atoms with van der Waals surface area (Å²) in [4.78, 5) is 30.9. The van der Waals surface area contributed by atoms with E-state index in [0.29, 0.717) is 17.2 Å². The largest absolute Gasteiger partial charge is 0.458 e. The summed E-state index contributed by atoms with van der Waals surface area (Å²) in [5.41, 5.74) is -0.944. The van der Waals surface area contributed by atoms with Crippen LogP contribution in [-0.2, 0) is 22.3 Å². The lowest BCUT2D eigenvalue weighted by atomic mass is 9.97. The highest BCUT2D eigenvalue weighted by Gasteiger charge is 2.51. The number of aromatic nitrogens is 2. The van der Waals surface area contributed by atoms with Crippen molar-refractivity contribution in [1.82, 2.24) is 20.4 Å². The average molecular weight is 368 g/mol. The number of furan rings is 1. The number of hydrogen-bond acceptors (Lipinski definition) is 6. The quantitative estimate of drug-likeness (QED) is 0.713. The van der Waals surface area contributed by atoms with Gasteiger partial charge in [0, 0.05) is 10.8 Å². The predicted octanol–water partition coefficient (Wildman–Crippen LogP) is 3.08. The lowest BCUT2D eigenvalue weighted by Crippen LogP contribution is -2.40. The molecule has 8 nitrogen and oxygen atoms in total. The second-order valence-electron chi connectivity index (χ2n) is 7.86. The minimum absolute atomic E-state index is 0.0694. The van der Waals surface area contributed by atoms with Gasteiger partial charge in [-0.05, 0) is 19.1 Å². The summed E-state index contributed by atoms with van der Waals surface area (Å²) >= 11 is 0. The maximum absolute atomic E-state index is 13.0. The van der Waals surface area contributed by atoms with Crippen molar-refractivity contribution in [3.05, 3.63) is 47.8 Å². The molecule has 0 radical (unpaired) electrons. The standard InChI is InChI=1S/C19H20N4O4/c1-18(2,3)15-20-14(22-27-15)10-23-16(24)19(4,21-17(23)25)13-9-11-7-5-6-8-12(11)26-13/h5-9H,10H2,1-4H3,(H,21,25). The summed E-state index contributed by atoms with van der Waals surface area (Å²) in [5.74, 6) is 0.684. The highest BCUT2D eigenvalue weighted by Crippen LogP contribution is 2.33. The van der Waals surface area contributed by atoms with Crippen LogP contribution in [0.15, 0.2) is 39.3 Å². The number of rotatable bonds is 3. The van der Waals surface area contributed by atoms with Crippen molar-refractivity contribution in [2.75, 3.05) is 0 Å². The summed E-state index contributed by atoms with van der Waals surface area (Å²) in [5, 5.41) is 7.47. The second-order valence-corrected chi connectivity index (χ2v) is 7.86. The number of fused-ring (bicyclic) bond motifs is 1. The van der Waals surface area contributed by atoms with Crippen LogP contribution in [0.3, 0.4) is 0 Å². The van der Waals surface area contributed by atoms with Gasteiger partial charge in [0.05, 0.1) is 6.54 Å². The van der Waals surface area contributed by atoms with E-state index in [9.17, 15) is 9.59 Å². The van der Waals surface area contributed by atoms with Crippen molar-refractivity contribution in [2.45, 2.75) is 45.2 Å². The normalized spacial score (nSPS) is 20.5. The van der Waals surface area contributed by atoms with Crippen molar-refractivity contribution < 1.29 is 18.5 Å². The molecule has 1 unspecified atom stereocenters. The fourth-order valence-corrected chi connectivity index (χ4v) is 3.00. The van der Waals surface area contributed by atoms with Crippen LogP contribution in [0.2, 0.25) is 0 Å². The fraction of sp³-hybridized carbons (Fsp3) is 0.368. The van der Waals surface area contributed by atoms with Crippen LogP contribution >= 0.6 is 0 Å². The van der Waals surface area contributed by atoms with Crippen molar-refractivity contribution >= 4 is 22.9 Å². The zero-order chi connectivity index (χ0) is 19.4. The van der Waals surface area contributed by atoms with Gasteiger partial charge < -0.3 is 14.3 Å². The Kier molecular flexibility index (Phi) is 3.62. The van der Waals surface area contributed by atoms with Crippen LogP contribution in [0.4, 0.5) is 4.79 Å². The van der Waals surface area contributed by atoms with Gasteiger partial charge in [0.15, 0.2) is 11.4 Å². The molecule has 0 spiro atoms. The summed E-state index contributed by atoms with van der Waals surface area (Å²) in [6.07, 6.45) is 0. The third-order valence-electron chi connectivity index (χ3n) is 4.60. The fourth-order valence-electron chi connectivity index (χ4n) is 3.00. The number of urea groups is 1. The number of para-hydroxylation sites is 1. The van der Waals surface area contributed by atoms with Crippen LogP contribution in [0.25, 0.3) is 11.0 Å². The van der Waals surface area contributed by atoms with Crippen LogP contribution in [-0.4, -0.2) is 27.0 Å². The number of carbonyl (C=O) groups excluding carboxylic acids is 2. The SMILES string of the molecule is CC(C)(C)c1nc(CN2C(=O)NC(C)(c3cc4ccccc4o3)C2=O)no1. The molecular weight excluding hydrogens is 348 g/mol. The molecule has 3 heterocycles. The average Bonchev–Trinajstić information content (AvgIpc) is 3.29. The molecule has 140 valence electrons. The van der Waals surface area contributed by atoms with Gasteiger partial charge in [-0.15, -0.1) is 0 Å². The summed E-state index contributed by atoms with van der Waals surface area (Å²) in [6.45, 7) is 7.38. The maximum atomic E-state index is 13.0. The van der Waals surface area contributed by atoms with Crippen molar-refractivity contribution in [1.29, 1.82) is 0 Å². The first kappa shape index (κ1) is 17.3. The molecule has 3 aromatic rings. The molecule has 1 saturated heterocycles. The highest BCUT2D eigenvalue weighted by atomic mass is 16.5. The van der Waals surface area contributed by atoms with E-state index in [4.69, 9.17) is 8.94 Å². The third kappa shape index (κ3) is 2.77. The number of nitrogens with one attached hydrogen (secondary N) is 1. The molecule has 1 N–H and O–H groups in total. The Balaban J connectivity index is 1.62. The number of amides is 3. The van der Waals surface area contributed by atoms with E-state index < -0.39 is 17.5 Å². The molecule has 1 aromatic carbocycles. The molecule has 27 heavy (non-hydrogen) atoms. The minimum atomic E-state index is -1.29. The predicted molar refractivity (Wildman–Crippen MR) is 95.6 cm³/mol. The molecule has 1 fully saturated rings. The van der Waals surface area contributed by atoms with Crippen LogP contribution < -0.4 is 5.32 Å². The Morgan fingerprint density at radius 3 is 2.63 bits per heavy atom. The van der Waals surface area contributed by atoms with Crippen molar-refractivity contribution in [2.24, 2.45) is 0 Å². The van der Waals surface area contributed by atoms with Gasteiger partial charge in [0.25, 0.3) is 5.91 Å². The zero-order valence-corrected chi connectivity index (χ0v) is 15.6. The van der Waals surface area contributed by atoms with Gasteiger partial charge in [-0.2, -0.15) is 4.98 Å². The van der Waals surface area contributed by atoms with Gasteiger partial charge in [-0.25, -0.2) is 4.79 Å². The molecule has 0 aliphatic carbocycles. The van der Waals surface area contributed by atoms with E-state index in [1.165, 1.54) is 0 Å². The zero-order valence-electron chi connectivity index (χ0n) is 15.6. The monoisotopic (exact) mass is 368 g/mol. The van der Waals surface area contributed by atoms with Crippen LogP contribution in [0.1, 0.15) is 45.2 Å². The number of benzene rings is 1. The molecule has 4 rings (SSSR count). The van der Waals surface area contributed by atoms with E-state index in [2.05, 4.69) is 15.5 Å². The second kappa shape index (κ2) is 5.67. The smallest absolute Gasteiger partial charge is 0.325 e. The lowest BCUT2D eigenvalue weighted by molar-refractivity contribution is -0.132. The van der Waals surface area contributed by atoms with E-state index >= 15 is 0 Å². The Morgan fingerprint density at radius 2 is 1.96 bits per heavy atom. The summed E-state index contributed by atoms with van der Waals surface area (Å²) < 4.78 is 11.0. The van der Waals surface area contributed by atoms with Gasteiger partial charge in [0.2, 0.25) is 5.89 Å². The first-order chi connectivity index (χ1) is 12.7. The molecule has 3 amide bonds. The Morgan fingerprint density at radius 1 is 1.22 bits per heavy atom. The number of hydrogen-bond donors (Lipinski definition) is 1. The number of nitrogens with zero attached hydrogens (tertiary/aromatic N) is 3. The molecule has 1 aliphatic heterocycles. The Bertz CT molecular complexity index is 1010. The topological polar surface area (TPSA) is 101 Å². The molecule has 8 heteroatoms. The first-order valence-corrected chi connectivity index (χ1v) is 8.65. The third-order valence-corrected chi connectivity index (χ3v) is 4.60. The van der Waals surface area contributed by atoms with Crippen LogP contribution in [0.5, 0.6) is 0 Å². The van der Waals surface area contributed by atoms with Gasteiger partial charge >= 0.3 is 6.03 Å². The molecular formula is C19H20N4O4. The van der Waals surface area contributed by atoms with E-state index in [0.717, 1.165) is 10.3 Å². The van der Waals surface area contributed by atoms with Gasteiger partial charge in [-0.3, -0.25) is 9.69 Å². The molecule has 1 aliphatic rings. The molecule has 0 bridgehead atoms.